The van der Waals surface area contributed by atoms with Crippen LogP contribution in [-0.4, -0.2) is 27.2 Å². The smallest absolute Gasteiger partial charge is 0.262 e. The zero-order valence-electron chi connectivity index (χ0n) is 13.0. The molecule has 0 heterocycles. The first-order chi connectivity index (χ1) is 11.2. The van der Waals surface area contributed by atoms with Gasteiger partial charge >= 0.3 is 0 Å². The number of anilines is 1. The summed E-state index contributed by atoms with van der Waals surface area (Å²) in [5.41, 5.74) is 1.04. The van der Waals surface area contributed by atoms with Gasteiger partial charge in [0.2, 0.25) is 0 Å². The number of hydrogen-bond donors (Lipinski definition) is 1. The van der Waals surface area contributed by atoms with E-state index in [0.29, 0.717) is 10.8 Å². The molecule has 0 atom stereocenters. The summed E-state index contributed by atoms with van der Waals surface area (Å²) in [5, 5.41) is 3.37. The summed E-state index contributed by atoms with van der Waals surface area (Å²) in [7, 11) is -3.40. The van der Waals surface area contributed by atoms with E-state index in [1.54, 1.807) is 18.2 Å². The van der Waals surface area contributed by atoms with E-state index in [1.165, 1.54) is 18.2 Å². The van der Waals surface area contributed by atoms with Crippen LogP contribution < -0.4 is 10.1 Å². The van der Waals surface area contributed by atoms with Crippen LogP contribution in [0.2, 0.25) is 10.0 Å². The van der Waals surface area contributed by atoms with Crippen molar-refractivity contribution in [3.05, 3.63) is 52.0 Å². The van der Waals surface area contributed by atoms with Gasteiger partial charge in [0.15, 0.2) is 16.4 Å². The lowest BCUT2D eigenvalue weighted by molar-refractivity contribution is -0.118. The summed E-state index contributed by atoms with van der Waals surface area (Å²) in [5.74, 6) is 0.0400. The molecule has 0 radical (unpaired) electrons. The van der Waals surface area contributed by atoms with Gasteiger partial charge in [-0.2, -0.15) is 0 Å². The molecule has 128 valence electrons. The maximum atomic E-state index is 12.0. The Bertz CT molecular complexity index is 882. The highest BCUT2D eigenvalue weighted by atomic mass is 35.5. The number of aryl methyl sites for hydroxylation is 1. The Balaban J connectivity index is 2.05. The van der Waals surface area contributed by atoms with E-state index in [9.17, 15) is 13.2 Å². The average Bonchev–Trinajstić information content (AvgIpc) is 2.49. The predicted octanol–water partition coefficient (Wildman–Crippen LogP) is 3.72. The molecule has 0 fully saturated rings. The first-order valence-electron chi connectivity index (χ1n) is 6.85. The lowest BCUT2D eigenvalue weighted by Gasteiger charge is -2.10. The van der Waals surface area contributed by atoms with E-state index in [-0.39, 0.29) is 22.2 Å². The van der Waals surface area contributed by atoms with Crippen LogP contribution in [0.4, 0.5) is 5.69 Å². The van der Waals surface area contributed by atoms with E-state index in [0.717, 1.165) is 11.8 Å². The van der Waals surface area contributed by atoms with E-state index < -0.39 is 15.7 Å². The van der Waals surface area contributed by atoms with Crippen molar-refractivity contribution in [1.82, 2.24) is 0 Å². The van der Waals surface area contributed by atoms with E-state index in [1.807, 2.05) is 6.92 Å². The number of ether oxygens (including phenoxy) is 1. The minimum absolute atomic E-state index is 0.0662. The number of rotatable bonds is 5. The number of halogens is 2. The normalized spacial score (nSPS) is 11.2. The molecule has 0 aliphatic carbocycles. The van der Waals surface area contributed by atoms with Gasteiger partial charge in [0.25, 0.3) is 5.91 Å². The quantitative estimate of drug-likeness (QED) is 0.848. The SMILES string of the molecule is Cc1cc(OCC(=O)Nc2cc(S(C)(=O)=O)ccc2Cl)ccc1Cl. The van der Waals surface area contributed by atoms with Crippen molar-refractivity contribution in [1.29, 1.82) is 0 Å². The van der Waals surface area contributed by atoms with E-state index >= 15 is 0 Å². The van der Waals surface area contributed by atoms with Crippen molar-refractivity contribution in [2.45, 2.75) is 11.8 Å². The summed E-state index contributed by atoms with van der Waals surface area (Å²) in [6, 6.07) is 9.14. The first-order valence-corrected chi connectivity index (χ1v) is 9.50. The van der Waals surface area contributed by atoms with Crippen LogP contribution >= 0.6 is 23.2 Å². The largest absolute Gasteiger partial charge is 0.484 e. The van der Waals surface area contributed by atoms with Crippen LogP contribution in [0.3, 0.4) is 0 Å². The molecule has 5 nitrogen and oxygen atoms in total. The van der Waals surface area contributed by atoms with Crippen molar-refractivity contribution in [2.24, 2.45) is 0 Å². The fourth-order valence-electron chi connectivity index (χ4n) is 1.87. The van der Waals surface area contributed by atoms with Crippen molar-refractivity contribution < 1.29 is 17.9 Å². The van der Waals surface area contributed by atoms with E-state index in [2.05, 4.69) is 5.32 Å². The Morgan fingerprint density at radius 2 is 1.79 bits per heavy atom. The van der Waals surface area contributed by atoms with Gasteiger partial charge in [0.1, 0.15) is 5.75 Å². The van der Waals surface area contributed by atoms with Crippen molar-refractivity contribution in [3.8, 4) is 5.75 Å². The molecule has 1 amide bonds. The Morgan fingerprint density at radius 3 is 2.42 bits per heavy atom. The molecule has 0 saturated carbocycles. The van der Waals surface area contributed by atoms with Crippen LogP contribution in [0.25, 0.3) is 0 Å². The highest BCUT2D eigenvalue weighted by molar-refractivity contribution is 7.90. The summed E-state index contributed by atoms with van der Waals surface area (Å²) in [4.78, 5) is 12.0. The molecular weight excluding hydrogens is 373 g/mol. The standard InChI is InChI=1S/C16H15Cl2NO4S/c1-10-7-11(3-5-13(10)17)23-9-16(20)19-15-8-12(24(2,21)22)4-6-14(15)18/h3-8H,9H2,1-2H3,(H,19,20). The third kappa shape index (κ3) is 4.87. The van der Waals surface area contributed by atoms with Gasteiger partial charge in [-0.05, 0) is 48.9 Å². The van der Waals surface area contributed by atoms with Crippen LogP contribution in [0.1, 0.15) is 5.56 Å². The molecule has 8 heteroatoms. The molecular formula is C16H15Cl2NO4S. The van der Waals surface area contributed by atoms with E-state index in [4.69, 9.17) is 27.9 Å². The summed E-state index contributed by atoms with van der Waals surface area (Å²) >= 11 is 11.9. The number of amides is 1. The topological polar surface area (TPSA) is 72.5 Å². The second kappa shape index (κ2) is 7.42. The van der Waals surface area contributed by atoms with Gasteiger partial charge in [-0.25, -0.2) is 8.42 Å². The molecule has 2 rings (SSSR count). The lowest BCUT2D eigenvalue weighted by atomic mass is 10.2. The Hall–Kier alpha value is -1.76. The van der Waals surface area contributed by atoms with Crippen molar-refractivity contribution >= 4 is 44.6 Å². The number of nitrogens with one attached hydrogen (secondary N) is 1. The fourth-order valence-corrected chi connectivity index (χ4v) is 2.80. The molecule has 0 aromatic heterocycles. The molecule has 0 unspecified atom stereocenters. The molecule has 0 saturated heterocycles. The molecule has 0 bridgehead atoms. The summed E-state index contributed by atoms with van der Waals surface area (Å²) < 4.78 is 28.5. The Kier molecular flexibility index (Phi) is 5.74. The van der Waals surface area contributed by atoms with Gasteiger partial charge in [0, 0.05) is 11.3 Å². The van der Waals surface area contributed by atoms with Gasteiger partial charge < -0.3 is 10.1 Å². The number of hydrogen-bond acceptors (Lipinski definition) is 4. The number of sulfone groups is 1. The van der Waals surface area contributed by atoms with Gasteiger partial charge in [-0.1, -0.05) is 23.2 Å². The molecule has 1 N–H and O–H groups in total. The average molecular weight is 388 g/mol. The molecule has 2 aromatic rings. The van der Waals surface area contributed by atoms with Crippen LogP contribution in [0.5, 0.6) is 5.75 Å². The number of carbonyl (C=O) groups is 1. The molecule has 24 heavy (non-hydrogen) atoms. The third-order valence-corrected chi connectivity index (χ3v) is 5.00. The van der Waals surface area contributed by atoms with Crippen LogP contribution in [0.15, 0.2) is 41.3 Å². The monoisotopic (exact) mass is 387 g/mol. The Morgan fingerprint density at radius 1 is 1.12 bits per heavy atom. The molecule has 0 aliphatic rings. The second-order valence-corrected chi connectivity index (χ2v) is 7.99. The van der Waals surface area contributed by atoms with Gasteiger partial charge in [0.05, 0.1) is 15.6 Å². The minimum Gasteiger partial charge on any atom is -0.484 e. The predicted molar refractivity (Wildman–Crippen MR) is 94.9 cm³/mol. The highest BCUT2D eigenvalue weighted by Gasteiger charge is 2.12. The Labute approximate surface area is 150 Å². The zero-order valence-corrected chi connectivity index (χ0v) is 15.3. The second-order valence-electron chi connectivity index (χ2n) is 5.16. The fraction of sp³-hybridized carbons (Fsp3) is 0.188. The summed E-state index contributed by atoms with van der Waals surface area (Å²) in [6.07, 6.45) is 1.08. The summed E-state index contributed by atoms with van der Waals surface area (Å²) in [6.45, 7) is 1.58. The number of carbonyl (C=O) groups excluding carboxylic acids is 1. The van der Waals surface area contributed by atoms with Gasteiger partial charge in [-0.15, -0.1) is 0 Å². The van der Waals surface area contributed by atoms with Crippen molar-refractivity contribution in [2.75, 3.05) is 18.2 Å². The van der Waals surface area contributed by atoms with Crippen LogP contribution in [-0.2, 0) is 14.6 Å². The molecule has 0 aliphatic heterocycles. The lowest BCUT2D eigenvalue weighted by Crippen LogP contribution is -2.20. The maximum Gasteiger partial charge on any atom is 0.262 e. The first kappa shape index (κ1) is 18.6. The molecule has 2 aromatic carbocycles. The molecule has 0 spiro atoms. The van der Waals surface area contributed by atoms with Gasteiger partial charge in [-0.3, -0.25) is 4.79 Å². The van der Waals surface area contributed by atoms with Crippen LogP contribution in [0, 0.1) is 6.92 Å². The third-order valence-electron chi connectivity index (χ3n) is 3.14. The zero-order chi connectivity index (χ0) is 17.9. The maximum absolute atomic E-state index is 12.0. The number of benzene rings is 2. The van der Waals surface area contributed by atoms with Crippen molar-refractivity contribution in [3.63, 3.8) is 0 Å². The minimum atomic E-state index is -3.40. The highest BCUT2D eigenvalue weighted by Crippen LogP contribution is 2.25.